The first-order valence-corrected chi connectivity index (χ1v) is 3.18. The maximum atomic E-state index is 4.15. The molecule has 1 aromatic carbocycles. The molecule has 0 saturated heterocycles. The van der Waals surface area contributed by atoms with Crippen LogP contribution in [0.4, 0.5) is 0 Å². The molecule has 0 N–H and O–H groups in total. The summed E-state index contributed by atoms with van der Waals surface area (Å²) in [6.45, 7) is 0. The molecule has 0 unspecified atom stereocenters. The van der Waals surface area contributed by atoms with E-state index in [-0.39, 0.29) is 32.7 Å². The molecule has 0 fully saturated rings. The van der Waals surface area contributed by atoms with Crippen LogP contribution < -0.4 is 0 Å². The molecule has 2 aromatic rings. The zero-order valence-corrected chi connectivity index (χ0v) is 8.83. The van der Waals surface area contributed by atoms with Gasteiger partial charge in [0.15, 0.2) is 0 Å². The maximum Gasteiger partial charge on any atom is 0 e. The van der Waals surface area contributed by atoms with E-state index < -0.39 is 0 Å². The number of aromatic nitrogens is 1. The standard InChI is InChI=1S/C9H6N.Y/c1-2-6-9-8(4-1)5-3-7-10-9;/h1-4,6-7H;/q-1;. The van der Waals surface area contributed by atoms with Crippen LogP contribution in [0.2, 0.25) is 0 Å². The van der Waals surface area contributed by atoms with Crippen molar-refractivity contribution in [2.24, 2.45) is 0 Å². The van der Waals surface area contributed by atoms with Gasteiger partial charge in [-0.25, -0.2) is 0 Å². The van der Waals surface area contributed by atoms with Crippen LogP contribution in [0.25, 0.3) is 10.9 Å². The van der Waals surface area contributed by atoms with Crippen LogP contribution in [0.1, 0.15) is 0 Å². The molecule has 11 heavy (non-hydrogen) atoms. The fourth-order valence-corrected chi connectivity index (χ4v) is 0.953. The summed E-state index contributed by atoms with van der Waals surface area (Å²) in [7, 11) is 0. The van der Waals surface area contributed by atoms with Crippen molar-refractivity contribution in [3.63, 3.8) is 0 Å². The maximum absolute atomic E-state index is 4.15. The second kappa shape index (κ2) is 3.94. The van der Waals surface area contributed by atoms with E-state index in [1.807, 2.05) is 30.3 Å². The topological polar surface area (TPSA) is 12.9 Å². The molecular formula is C9H6NY-. The molecule has 2 heteroatoms. The molecule has 1 radical (unpaired) electrons. The number of rotatable bonds is 0. The summed E-state index contributed by atoms with van der Waals surface area (Å²) in [5.74, 6) is 0. The van der Waals surface area contributed by atoms with Gasteiger partial charge < -0.3 is 4.98 Å². The molecule has 0 amide bonds. The van der Waals surface area contributed by atoms with Crippen LogP contribution in [0.3, 0.4) is 0 Å². The van der Waals surface area contributed by atoms with E-state index in [0.29, 0.717) is 0 Å². The number of pyridine rings is 1. The molecule has 0 spiro atoms. The van der Waals surface area contributed by atoms with Crippen LogP contribution in [0.5, 0.6) is 0 Å². The third-order valence-corrected chi connectivity index (χ3v) is 1.43. The van der Waals surface area contributed by atoms with E-state index in [1.165, 1.54) is 0 Å². The first kappa shape index (κ1) is 8.83. The van der Waals surface area contributed by atoms with Gasteiger partial charge in [0, 0.05) is 32.7 Å². The van der Waals surface area contributed by atoms with Gasteiger partial charge in [-0.3, -0.25) is 0 Å². The Morgan fingerprint density at radius 1 is 1.18 bits per heavy atom. The van der Waals surface area contributed by atoms with Gasteiger partial charge in [-0.15, -0.1) is 29.7 Å². The number of para-hydroxylation sites is 1. The molecule has 1 heterocycles. The molecule has 0 aliphatic heterocycles. The number of fused-ring (bicyclic) bond motifs is 1. The van der Waals surface area contributed by atoms with Gasteiger partial charge in [-0.2, -0.15) is 0 Å². The monoisotopic (exact) mass is 217 g/mol. The molecular weight excluding hydrogens is 211 g/mol. The van der Waals surface area contributed by atoms with Crippen LogP contribution >= 0.6 is 0 Å². The zero-order valence-electron chi connectivity index (χ0n) is 5.99. The van der Waals surface area contributed by atoms with E-state index in [2.05, 4.69) is 11.1 Å². The fraction of sp³-hybridized carbons (Fsp3) is 0. The molecule has 2 rings (SSSR count). The summed E-state index contributed by atoms with van der Waals surface area (Å²) >= 11 is 0. The number of benzene rings is 1. The van der Waals surface area contributed by atoms with E-state index in [4.69, 9.17) is 0 Å². The van der Waals surface area contributed by atoms with Gasteiger partial charge in [0.05, 0.1) is 0 Å². The summed E-state index contributed by atoms with van der Waals surface area (Å²) in [5.41, 5.74) is 1.00. The molecule has 0 atom stereocenters. The molecule has 1 nitrogen and oxygen atoms in total. The minimum Gasteiger partial charge on any atom is -0.352 e. The SMILES string of the molecule is [Y].[c-]1ccnc2ccccc12. The Labute approximate surface area is 90.7 Å². The minimum absolute atomic E-state index is 0. The summed E-state index contributed by atoms with van der Waals surface area (Å²) < 4.78 is 0. The molecule has 0 bridgehead atoms. The van der Waals surface area contributed by atoms with Crippen molar-refractivity contribution in [2.75, 3.05) is 0 Å². The summed E-state index contributed by atoms with van der Waals surface area (Å²) in [5, 5.41) is 1.07. The number of hydrogen-bond acceptors (Lipinski definition) is 1. The third-order valence-electron chi connectivity index (χ3n) is 1.43. The van der Waals surface area contributed by atoms with Crippen LogP contribution in [-0.4, -0.2) is 4.98 Å². The van der Waals surface area contributed by atoms with E-state index in [0.717, 1.165) is 10.9 Å². The van der Waals surface area contributed by atoms with E-state index in [9.17, 15) is 0 Å². The van der Waals surface area contributed by atoms with Crippen LogP contribution in [-0.2, 0) is 32.7 Å². The number of hydrogen-bond donors (Lipinski definition) is 0. The first-order valence-electron chi connectivity index (χ1n) is 3.18. The fourth-order valence-electron chi connectivity index (χ4n) is 0.953. The quantitative estimate of drug-likeness (QED) is 0.615. The van der Waals surface area contributed by atoms with Crippen molar-refractivity contribution in [3.05, 3.63) is 42.6 Å². The van der Waals surface area contributed by atoms with Crippen molar-refractivity contribution in [1.29, 1.82) is 0 Å². The normalized spacial score (nSPS) is 9.09. The molecule has 0 aliphatic rings. The Balaban J connectivity index is 0.000000605. The predicted molar refractivity (Wildman–Crippen MR) is 40.6 cm³/mol. The second-order valence-electron chi connectivity index (χ2n) is 2.11. The van der Waals surface area contributed by atoms with Gasteiger partial charge in [0.2, 0.25) is 0 Å². The minimum atomic E-state index is 0. The molecule has 51 valence electrons. The van der Waals surface area contributed by atoms with Gasteiger partial charge in [0.25, 0.3) is 0 Å². The smallest absolute Gasteiger partial charge is 0 e. The number of nitrogens with zero attached hydrogens (tertiary/aromatic N) is 1. The summed E-state index contributed by atoms with van der Waals surface area (Å²) in [6, 6.07) is 12.9. The Morgan fingerprint density at radius 2 is 2.00 bits per heavy atom. The molecule has 0 aliphatic carbocycles. The van der Waals surface area contributed by atoms with Gasteiger partial charge >= 0.3 is 0 Å². The van der Waals surface area contributed by atoms with Crippen molar-refractivity contribution >= 4 is 10.9 Å². The van der Waals surface area contributed by atoms with Crippen molar-refractivity contribution in [3.8, 4) is 0 Å². The largest absolute Gasteiger partial charge is 0.352 e. The average molecular weight is 217 g/mol. The zero-order chi connectivity index (χ0) is 6.81. The van der Waals surface area contributed by atoms with Gasteiger partial charge in [-0.05, 0) is 5.52 Å². The van der Waals surface area contributed by atoms with E-state index in [1.54, 1.807) is 6.20 Å². The Hall–Kier alpha value is -0.266. The van der Waals surface area contributed by atoms with Gasteiger partial charge in [-0.1, -0.05) is 18.3 Å². The Morgan fingerprint density at radius 3 is 2.82 bits per heavy atom. The van der Waals surface area contributed by atoms with Crippen LogP contribution in [0.15, 0.2) is 36.5 Å². The third kappa shape index (κ3) is 1.85. The average Bonchev–Trinajstić information content (AvgIpc) is 2.05. The van der Waals surface area contributed by atoms with Crippen molar-refractivity contribution in [1.82, 2.24) is 4.98 Å². The summed E-state index contributed by atoms with van der Waals surface area (Å²) in [6.07, 6.45) is 1.75. The Bertz CT molecular complexity index is 281. The predicted octanol–water partition coefficient (Wildman–Crippen LogP) is 2.03. The first-order chi connectivity index (χ1) is 4.97. The van der Waals surface area contributed by atoms with E-state index >= 15 is 0 Å². The molecule has 0 saturated carbocycles. The van der Waals surface area contributed by atoms with Crippen LogP contribution in [0, 0.1) is 6.07 Å². The molecule has 1 aromatic heterocycles. The Kier molecular flexibility index (Phi) is 3.16. The second-order valence-corrected chi connectivity index (χ2v) is 2.11. The van der Waals surface area contributed by atoms with Crippen molar-refractivity contribution < 1.29 is 32.7 Å². The van der Waals surface area contributed by atoms with Crippen molar-refractivity contribution in [2.45, 2.75) is 0 Å². The summed E-state index contributed by atoms with van der Waals surface area (Å²) in [4.78, 5) is 4.15. The van der Waals surface area contributed by atoms with Gasteiger partial charge in [0.1, 0.15) is 0 Å².